The van der Waals surface area contributed by atoms with Gasteiger partial charge >= 0.3 is 11.9 Å². The first kappa shape index (κ1) is 17.9. The minimum absolute atomic E-state index is 0.0498. The third kappa shape index (κ3) is 10.5. The smallest absolute Gasteiger partial charge is 0.305 e. The van der Waals surface area contributed by atoms with E-state index in [9.17, 15) is 9.59 Å². The number of carbonyl (C=O) groups is 2. The van der Waals surface area contributed by atoms with Gasteiger partial charge in [-0.25, -0.2) is 0 Å². The molecular weight excluding hydrogens is 252 g/mol. The van der Waals surface area contributed by atoms with Crippen LogP contribution in [0.15, 0.2) is 0 Å². The van der Waals surface area contributed by atoms with E-state index >= 15 is 0 Å². The topological polar surface area (TPSA) is 93.1 Å². The lowest BCUT2D eigenvalue weighted by atomic mass is 10.1. The number of hydrogen-bond acceptors (Lipinski definition) is 6. The summed E-state index contributed by atoms with van der Waals surface area (Å²) in [6.07, 6.45) is 3.94. The standard InChI is InChI=1S/C13H24O6/c1-18-12(16)6-4-2-3-5-7-13(17)19-10-11(8-14)9-15/h11,14-15H,2-10H2,1H3. The molecule has 0 aromatic carbocycles. The molecule has 0 amide bonds. The molecule has 0 aromatic rings. The third-order valence-corrected chi connectivity index (χ3v) is 2.74. The van der Waals surface area contributed by atoms with E-state index in [1.165, 1.54) is 7.11 Å². The fourth-order valence-electron chi connectivity index (χ4n) is 1.44. The van der Waals surface area contributed by atoms with Crippen LogP contribution in [0.2, 0.25) is 0 Å². The molecule has 0 fully saturated rings. The highest BCUT2D eigenvalue weighted by Crippen LogP contribution is 2.07. The number of esters is 2. The lowest BCUT2D eigenvalue weighted by Crippen LogP contribution is -2.20. The van der Waals surface area contributed by atoms with E-state index < -0.39 is 5.92 Å². The molecule has 6 nitrogen and oxygen atoms in total. The zero-order valence-electron chi connectivity index (χ0n) is 11.5. The molecule has 0 saturated heterocycles. The molecule has 2 N–H and O–H groups in total. The van der Waals surface area contributed by atoms with Gasteiger partial charge in [-0.15, -0.1) is 0 Å². The molecule has 0 aromatic heterocycles. The van der Waals surface area contributed by atoms with Gasteiger partial charge in [-0.05, 0) is 12.8 Å². The van der Waals surface area contributed by atoms with Crippen molar-refractivity contribution in [3.63, 3.8) is 0 Å². The number of methoxy groups -OCH3 is 1. The van der Waals surface area contributed by atoms with Crippen molar-refractivity contribution in [2.45, 2.75) is 38.5 Å². The SMILES string of the molecule is COC(=O)CCCCCCC(=O)OCC(CO)CO. The predicted octanol–water partition coefficient (Wildman–Crippen LogP) is 0.644. The maximum atomic E-state index is 11.3. The summed E-state index contributed by atoms with van der Waals surface area (Å²) in [4.78, 5) is 22.1. The Labute approximate surface area is 113 Å². The Bertz CT molecular complexity index is 250. The van der Waals surface area contributed by atoms with Crippen molar-refractivity contribution in [1.29, 1.82) is 0 Å². The van der Waals surface area contributed by atoms with Gasteiger partial charge in [0.05, 0.1) is 26.9 Å². The van der Waals surface area contributed by atoms with Gasteiger partial charge in [-0.1, -0.05) is 12.8 Å². The maximum Gasteiger partial charge on any atom is 0.305 e. The zero-order valence-corrected chi connectivity index (χ0v) is 11.5. The minimum Gasteiger partial charge on any atom is -0.469 e. The quantitative estimate of drug-likeness (QED) is 0.425. The van der Waals surface area contributed by atoms with E-state index in [4.69, 9.17) is 14.9 Å². The molecule has 0 atom stereocenters. The van der Waals surface area contributed by atoms with E-state index in [-0.39, 0.29) is 31.8 Å². The molecule has 19 heavy (non-hydrogen) atoms. The second-order valence-corrected chi connectivity index (χ2v) is 4.40. The van der Waals surface area contributed by atoms with Crippen LogP contribution >= 0.6 is 0 Å². The highest BCUT2D eigenvalue weighted by atomic mass is 16.5. The van der Waals surface area contributed by atoms with Crippen molar-refractivity contribution in [3.8, 4) is 0 Å². The van der Waals surface area contributed by atoms with Gasteiger partial charge in [0.2, 0.25) is 0 Å². The molecule has 0 aliphatic rings. The first-order valence-corrected chi connectivity index (χ1v) is 6.58. The molecule has 0 bridgehead atoms. The summed E-state index contributed by atoms with van der Waals surface area (Å²) in [5.41, 5.74) is 0. The number of hydrogen-bond donors (Lipinski definition) is 2. The van der Waals surface area contributed by atoms with Gasteiger partial charge in [0, 0.05) is 18.8 Å². The molecular formula is C13H24O6. The van der Waals surface area contributed by atoms with Gasteiger partial charge < -0.3 is 19.7 Å². The van der Waals surface area contributed by atoms with Crippen molar-refractivity contribution in [2.75, 3.05) is 26.9 Å². The van der Waals surface area contributed by atoms with Crippen LogP contribution in [0.5, 0.6) is 0 Å². The highest BCUT2D eigenvalue weighted by molar-refractivity contribution is 5.69. The normalized spacial score (nSPS) is 10.5. The lowest BCUT2D eigenvalue weighted by Gasteiger charge is -2.11. The largest absolute Gasteiger partial charge is 0.469 e. The predicted molar refractivity (Wildman–Crippen MR) is 68.3 cm³/mol. The number of carbonyl (C=O) groups excluding carboxylic acids is 2. The Balaban J connectivity index is 3.41. The second-order valence-electron chi connectivity index (χ2n) is 4.40. The molecule has 0 spiro atoms. The van der Waals surface area contributed by atoms with Crippen LogP contribution in [-0.4, -0.2) is 49.1 Å². The van der Waals surface area contributed by atoms with Crippen LogP contribution in [0.1, 0.15) is 38.5 Å². The Morgan fingerprint density at radius 1 is 0.947 bits per heavy atom. The third-order valence-electron chi connectivity index (χ3n) is 2.74. The Hall–Kier alpha value is -1.14. The second kappa shape index (κ2) is 11.9. The molecule has 6 heteroatoms. The summed E-state index contributed by atoms with van der Waals surface area (Å²) in [7, 11) is 1.37. The molecule has 0 aliphatic carbocycles. The van der Waals surface area contributed by atoms with Crippen molar-refractivity contribution in [2.24, 2.45) is 5.92 Å². The minimum atomic E-state index is -0.399. The highest BCUT2D eigenvalue weighted by Gasteiger charge is 2.09. The van der Waals surface area contributed by atoms with Crippen molar-refractivity contribution in [1.82, 2.24) is 0 Å². The van der Waals surface area contributed by atoms with Gasteiger partial charge in [0.25, 0.3) is 0 Å². The average Bonchev–Trinajstić information content (AvgIpc) is 2.43. The Morgan fingerprint density at radius 2 is 1.47 bits per heavy atom. The summed E-state index contributed by atoms with van der Waals surface area (Å²) < 4.78 is 9.43. The molecule has 0 aliphatic heterocycles. The summed E-state index contributed by atoms with van der Waals surface area (Å²) in [5, 5.41) is 17.6. The van der Waals surface area contributed by atoms with Crippen molar-refractivity contribution < 1.29 is 29.3 Å². The summed E-state index contributed by atoms with van der Waals surface area (Å²) >= 11 is 0. The fourth-order valence-corrected chi connectivity index (χ4v) is 1.44. The first-order chi connectivity index (χ1) is 9.13. The fraction of sp³-hybridized carbons (Fsp3) is 0.846. The molecule has 0 saturated carbocycles. The van der Waals surface area contributed by atoms with E-state index in [1.54, 1.807) is 0 Å². The molecule has 0 rings (SSSR count). The van der Waals surface area contributed by atoms with Gasteiger partial charge in [0.1, 0.15) is 0 Å². The van der Waals surface area contributed by atoms with Gasteiger partial charge in [0.15, 0.2) is 0 Å². The van der Waals surface area contributed by atoms with Gasteiger partial charge in [-0.2, -0.15) is 0 Å². The van der Waals surface area contributed by atoms with E-state index in [1.807, 2.05) is 0 Å². The number of aliphatic hydroxyl groups is 2. The first-order valence-electron chi connectivity index (χ1n) is 6.58. The number of unbranched alkanes of at least 4 members (excludes halogenated alkanes) is 3. The van der Waals surface area contributed by atoms with Gasteiger partial charge in [-0.3, -0.25) is 9.59 Å². The zero-order chi connectivity index (χ0) is 14.5. The molecule has 0 radical (unpaired) electrons. The lowest BCUT2D eigenvalue weighted by molar-refractivity contribution is -0.146. The summed E-state index contributed by atoms with van der Waals surface area (Å²) in [5.74, 6) is -0.928. The summed E-state index contributed by atoms with van der Waals surface area (Å²) in [6.45, 7) is -0.344. The van der Waals surface area contributed by atoms with Crippen LogP contribution in [0.4, 0.5) is 0 Å². The number of rotatable bonds is 11. The number of ether oxygens (including phenoxy) is 2. The van der Waals surface area contributed by atoms with Crippen LogP contribution in [0, 0.1) is 5.92 Å². The molecule has 112 valence electrons. The maximum absolute atomic E-state index is 11.3. The molecule has 0 unspecified atom stereocenters. The Kier molecular flexibility index (Phi) is 11.2. The number of aliphatic hydroxyl groups excluding tert-OH is 2. The summed E-state index contributed by atoms with van der Waals surface area (Å²) in [6, 6.07) is 0. The van der Waals surface area contributed by atoms with Crippen LogP contribution < -0.4 is 0 Å². The monoisotopic (exact) mass is 276 g/mol. The van der Waals surface area contributed by atoms with Crippen LogP contribution in [-0.2, 0) is 19.1 Å². The van der Waals surface area contributed by atoms with Crippen LogP contribution in [0.3, 0.4) is 0 Å². The Morgan fingerprint density at radius 3 is 1.95 bits per heavy atom. The van der Waals surface area contributed by atoms with E-state index in [2.05, 4.69) is 4.74 Å². The van der Waals surface area contributed by atoms with Crippen molar-refractivity contribution in [3.05, 3.63) is 0 Å². The molecule has 0 heterocycles. The van der Waals surface area contributed by atoms with Crippen molar-refractivity contribution >= 4 is 11.9 Å². The van der Waals surface area contributed by atoms with Crippen LogP contribution in [0.25, 0.3) is 0 Å². The van der Waals surface area contributed by atoms with E-state index in [0.717, 1.165) is 19.3 Å². The van der Waals surface area contributed by atoms with E-state index in [0.29, 0.717) is 19.3 Å². The average molecular weight is 276 g/mol.